The van der Waals surface area contributed by atoms with Crippen LogP contribution in [0, 0.1) is 0 Å². The third-order valence-corrected chi connectivity index (χ3v) is 3.72. The number of carbonyl (C=O) groups excluding carboxylic acids is 4. The number of ether oxygens (including phenoxy) is 1. The summed E-state index contributed by atoms with van der Waals surface area (Å²) >= 11 is 0. The van der Waals surface area contributed by atoms with E-state index in [4.69, 9.17) is 10.5 Å². The van der Waals surface area contributed by atoms with Gasteiger partial charge in [0.25, 0.3) is 5.91 Å². The van der Waals surface area contributed by atoms with Crippen molar-refractivity contribution >= 4 is 29.5 Å². The Kier molecular flexibility index (Phi) is 5.93. The van der Waals surface area contributed by atoms with E-state index < -0.39 is 23.8 Å². The van der Waals surface area contributed by atoms with E-state index in [1.807, 2.05) is 5.32 Å². The summed E-state index contributed by atoms with van der Waals surface area (Å²) in [5.41, 5.74) is 6.00. The van der Waals surface area contributed by atoms with Crippen molar-refractivity contribution in [2.24, 2.45) is 0 Å². The van der Waals surface area contributed by atoms with E-state index in [9.17, 15) is 19.2 Å². The monoisotopic (exact) mass is 348 g/mol. The van der Waals surface area contributed by atoms with Crippen LogP contribution in [-0.2, 0) is 14.3 Å². The van der Waals surface area contributed by atoms with E-state index in [2.05, 4.69) is 0 Å². The molecule has 1 fully saturated rings. The van der Waals surface area contributed by atoms with Gasteiger partial charge in [0, 0.05) is 31.9 Å². The zero-order valence-corrected chi connectivity index (χ0v) is 13.9. The highest BCUT2D eigenvalue weighted by Crippen LogP contribution is 2.10. The molecule has 0 unspecified atom stereocenters. The highest BCUT2D eigenvalue weighted by molar-refractivity contribution is 6.38. The lowest BCUT2D eigenvalue weighted by Gasteiger charge is -2.33. The molecule has 9 nitrogen and oxygen atoms in total. The van der Waals surface area contributed by atoms with Crippen molar-refractivity contribution in [2.45, 2.75) is 6.92 Å². The molecule has 9 heteroatoms. The van der Waals surface area contributed by atoms with Crippen LogP contribution in [-0.4, -0.2) is 66.4 Å². The maximum Gasteiger partial charge on any atom is 0.409 e. The summed E-state index contributed by atoms with van der Waals surface area (Å²) in [5.74, 6) is -2.59. The first kappa shape index (κ1) is 18.2. The smallest absolute Gasteiger partial charge is 0.409 e. The Morgan fingerprint density at radius 2 is 1.68 bits per heavy atom. The topological polar surface area (TPSA) is 122 Å². The van der Waals surface area contributed by atoms with Gasteiger partial charge in [-0.05, 0) is 19.1 Å². The van der Waals surface area contributed by atoms with Gasteiger partial charge in [-0.15, -0.1) is 0 Å². The fourth-order valence-electron chi connectivity index (χ4n) is 2.38. The molecule has 1 aliphatic rings. The van der Waals surface area contributed by atoms with E-state index in [0.29, 0.717) is 0 Å². The molecule has 1 heterocycles. The Balaban J connectivity index is 1.89. The first-order chi connectivity index (χ1) is 11.9. The molecule has 0 saturated carbocycles. The predicted octanol–water partition coefficient (Wildman–Crippen LogP) is -0.174. The number of anilines is 1. The minimum absolute atomic E-state index is 0.121. The molecule has 0 aliphatic carbocycles. The number of hydrogen-bond acceptors (Lipinski definition) is 6. The van der Waals surface area contributed by atoms with Gasteiger partial charge in [0.2, 0.25) is 0 Å². The van der Waals surface area contributed by atoms with E-state index >= 15 is 0 Å². The molecule has 3 N–H and O–H groups in total. The Labute approximate surface area is 144 Å². The maximum absolute atomic E-state index is 12.1. The van der Waals surface area contributed by atoms with Gasteiger partial charge < -0.3 is 20.3 Å². The maximum atomic E-state index is 12.1. The largest absolute Gasteiger partial charge is 0.450 e. The predicted molar refractivity (Wildman–Crippen MR) is 88.5 cm³/mol. The van der Waals surface area contributed by atoms with Gasteiger partial charge in [-0.25, -0.2) is 4.79 Å². The molecule has 1 aliphatic heterocycles. The first-order valence-corrected chi connectivity index (χ1v) is 7.84. The van der Waals surface area contributed by atoms with Gasteiger partial charge >= 0.3 is 17.9 Å². The Hall–Kier alpha value is -3.10. The summed E-state index contributed by atoms with van der Waals surface area (Å²) < 4.78 is 4.89. The molecule has 0 aromatic heterocycles. The summed E-state index contributed by atoms with van der Waals surface area (Å²) in [4.78, 5) is 50.5. The molecule has 4 amide bonds. The zero-order chi connectivity index (χ0) is 18.4. The molecule has 1 aromatic rings. The number of rotatable bonds is 2. The van der Waals surface area contributed by atoms with Crippen LogP contribution in [0.5, 0.6) is 0 Å². The fourth-order valence-corrected chi connectivity index (χ4v) is 2.38. The normalized spacial score (nSPS) is 14.0. The highest BCUT2D eigenvalue weighted by atomic mass is 16.6. The second kappa shape index (κ2) is 8.13. The van der Waals surface area contributed by atoms with Gasteiger partial charge in [-0.3, -0.25) is 19.7 Å². The fraction of sp³-hybridized carbons (Fsp3) is 0.375. The second-order valence-electron chi connectivity index (χ2n) is 5.35. The molecule has 1 aromatic carbocycles. The number of nitrogens with zero attached hydrogens (tertiary/aromatic N) is 2. The van der Waals surface area contributed by atoms with Gasteiger partial charge in [-0.2, -0.15) is 0 Å². The summed E-state index contributed by atoms with van der Waals surface area (Å²) in [5, 5.41) is 2.03. The molecule has 2 rings (SSSR count). The third kappa shape index (κ3) is 4.46. The van der Waals surface area contributed by atoms with Crippen molar-refractivity contribution in [3.8, 4) is 0 Å². The second-order valence-corrected chi connectivity index (χ2v) is 5.35. The Morgan fingerprint density at radius 3 is 2.28 bits per heavy atom. The standard InChI is InChI=1S/C16H20N4O5/c1-2-25-16(24)20-9-7-19(8-10-20)15(23)14(22)18-13(21)11-5-3-4-6-12(11)17/h3-6H,2,7-10,17H2,1H3,(H,18,21,22). The molecular formula is C16H20N4O5. The number of piperazine rings is 1. The van der Waals surface area contributed by atoms with E-state index in [1.54, 1.807) is 19.1 Å². The van der Waals surface area contributed by atoms with Crippen molar-refractivity contribution in [1.82, 2.24) is 15.1 Å². The van der Waals surface area contributed by atoms with E-state index in [1.165, 1.54) is 21.9 Å². The summed E-state index contributed by atoms with van der Waals surface area (Å²) in [7, 11) is 0. The number of benzene rings is 1. The summed E-state index contributed by atoms with van der Waals surface area (Å²) in [6, 6.07) is 6.24. The van der Waals surface area contributed by atoms with Gasteiger partial charge in [0.15, 0.2) is 0 Å². The lowest BCUT2D eigenvalue weighted by Crippen LogP contribution is -2.54. The van der Waals surface area contributed by atoms with Gasteiger partial charge in [0.05, 0.1) is 12.2 Å². The summed E-state index contributed by atoms with van der Waals surface area (Å²) in [6.07, 6.45) is -0.450. The zero-order valence-electron chi connectivity index (χ0n) is 13.9. The average Bonchev–Trinajstić information content (AvgIpc) is 2.61. The molecule has 25 heavy (non-hydrogen) atoms. The molecule has 0 radical (unpaired) electrons. The van der Waals surface area contributed by atoms with Crippen LogP contribution in [0.4, 0.5) is 10.5 Å². The van der Waals surface area contributed by atoms with Crippen LogP contribution in [0.2, 0.25) is 0 Å². The minimum atomic E-state index is -1.03. The van der Waals surface area contributed by atoms with Crippen LogP contribution >= 0.6 is 0 Å². The van der Waals surface area contributed by atoms with Crippen molar-refractivity contribution in [3.63, 3.8) is 0 Å². The van der Waals surface area contributed by atoms with Crippen LogP contribution in [0.15, 0.2) is 24.3 Å². The van der Waals surface area contributed by atoms with Crippen molar-refractivity contribution in [2.75, 3.05) is 38.5 Å². The van der Waals surface area contributed by atoms with Crippen LogP contribution in [0.1, 0.15) is 17.3 Å². The van der Waals surface area contributed by atoms with Crippen LogP contribution in [0.3, 0.4) is 0 Å². The van der Waals surface area contributed by atoms with Crippen molar-refractivity contribution in [3.05, 3.63) is 29.8 Å². The minimum Gasteiger partial charge on any atom is -0.450 e. The number of nitrogens with two attached hydrogens (primary N) is 1. The van der Waals surface area contributed by atoms with Gasteiger partial charge in [0.1, 0.15) is 0 Å². The molecule has 0 atom stereocenters. The number of imide groups is 1. The quantitative estimate of drug-likeness (QED) is 0.565. The average molecular weight is 348 g/mol. The number of amides is 4. The van der Waals surface area contributed by atoms with Gasteiger partial charge in [-0.1, -0.05) is 12.1 Å². The lowest BCUT2D eigenvalue weighted by atomic mass is 10.1. The van der Waals surface area contributed by atoms with Crippen molar-refractivity contribution < 1.29 is 23.9 Å². The number of carbonyl (C=O) groups is 4. The van der Waals surface area contributed by atoms with E-state index in [-0.39, 0.29) is 44.0 Å². The number of para-hydroxylation sites is 1. The molecule has 0 spiro atoms. The SMILES string of the molecule is CCOC(=O)N1CCN(C(=O)C(=O)NC(=O)c2ccccc2N)CC1. The Bertz CT molecular complexity index is 683. The van der Waals surface area contributed by atoms with Crippen LogP contribution in [0.25, 0.3) is 0 Å². The molecular weight excluding hydrogens is 328 g/mol. The van der Waals surface area contributed by atoms with Crippen LogP contribution < -0.4 is 11.1 Å². The third-order valence-electron chi connectivity index (χ3n) is 3.72. The van der Waals surface area contributed by atoms with E-state index in [0.717, 1.165) is 0 Å². The van der Waals surface area contributed by atoms with Crippen molar-refractivity contribution in [1.29, 1.82) is 0 Å². The number of hydrogen-bond donors (Lipinski definition) is 2. The Morgan fingerprint density at radius 1 is 1.08 bits per heavy atom. The number of nitrogens with one attached hydrogen (secondary N) is 1. The lowest BCUT2D eigenvalue weighted by molar-refractivity contribution is -0.146. The highest BCUT2D eigenvalue weighted by Gasteiger charge is 2.29. The number of nitrogen functional groups attached to an aromatic ring is 1. The molecule has 134 valence electrons. The summed E-state index contributed by atoms with van der Waals surface area (Å²) in [6.45, 7) is 2.87. The molecule has 1 saturated heterocycles. The first-order valence-electron chi connectivity index (χ1n) is 7.84. The molecule has 0 bridgehead atoms.